The number of thiocarbonyl (C=S) groups is 1. The van der Waals surface area contributed by atoms with Gasteiger partial charge in [-0.1, -0.05) is 37.6 Å². The standard InChI is InChI=1S/C22H26N4O3S/c1-4-5-7-15-10-12-17(13-11-15)23-20(30)25-26-19(27)22(2,24-21(26)28)16-8-6-9-18(14-16)29-3/h6,8-14H,4-5,7H2,1-3H3,(H,24,28)(H2,23,25,30). The number of nitrogens with one attached hydrogen (secondary N) is 3. The van der Waals surface area contributed by atoms with E-state index in [4.69, 9.17) is 17.0 Å². The minimum Gasteiger partial charge on any atom is -0.497 e. The van der Waals surface area contributed by atoms with E-state index in [2.05, 4.69) is 23.0 Å². The van der Waals surface area contributed by atoms with Crippen LogP contribution in [0.5, 0.6) is 5.75 Å². The number of hydrogen-bond acceptors (Lipinski definition) is 4. The molecule has 3 amide bonds. The molecule has 1 aliphatic rings. The summed E-state index contributed by atoms with van der Waals surface area (Å²) >= 11 is 5.30. The van der Waals surface area contributed by atoms with Gasteiger partial charge >= 0.3 is 6.03 Å². The van der Waals surface area contributed by atoms with Crippen molar-refractivity contribution in [3.8, 4) is 5.75 Å². The highest BCUT2D eigenvalue weighted by atomic mass is 32.1. The maximum Gasteiger partial charge on any atom is 0.344 e. The number of aryl methyl sites for hydroxylation is 1. The van der Waals surface area contributed by atoms with Crippen LogP contribution in [-0.2, 0) is 16.8 Å². The van der Waals surface area contributed by atoms with Gasteiger partial charge in [0.2, 0.25) is 0 Å². The summed E-state index contributed by atoms with van der Waals surface area (Å²) in [7, 11) is 1.55. The number of rotatable bonds is 7. The predicted octanol–water partition coefficient (Wildman–Crippen LogP) is 3.71. The van der Waals surface area contributed by atoms with E-state index < -0.39 is 17.5 Å². The first-order chi connectivity index (χ1) is 14.4. The Balaban J connectivity index is 1.67. The molecule has 0 aliphatic carbocycles. The lowest BCUT2D eigenvalue weighted by Gasteiger charge is -2.23. The molecule has 1 saturated heterocycles. The van der Waals surface area contributed by atoms with Crippen LogP contribution in [0.15, 0.2) is 48.5 Å². The Morgan fingerprint density at radius 1 is 1.20 bits per heavy atom. The van der Waals surface area contributed by atoms with Crippen molar-refractivity contribution in [2.45, 2.75) is 38.6 Å². The Hall–Kier alpha value is -3.13. The van der Waals surface area contributed by atoms with Crippen LogP contribution in [0.1, 0.15) is 37.8 Å². The average Bonchev–Trinajstić information content (AvgIpc) is 2.97. The van der Waals surface area contributed by atoms with E-state index in [0.29, 0.717) is 11.3 Å². The SMILES string of the molecule is CCCCc1ccc(NC(=S)NN2C(=O)NC(C)(c3cccc(OC)c3)C2=O)cc1. The Bertz CT molecular complexity index is 948. The van der Waals surface area contributed by atoms with E-state index in [9.17, 15) is 9.59 Å². The first-order valence-corrected chi connectivity index (χ1v) is 10.3. The normalized spacial score (nSPS) is 18.2. The number of benzene rings is 2. The van der Waals surface area contributed by atoms with Crippen LogP contribution >= 0.6 is 12.2 Å². The molecular formula is C22H26N4O3S. The van der Waals surface area contributed by atoms with Gasteiger partial charge in [0.15, 0.2) is 5.11 Å². The number of unbranched alkanes of at least 4 members (excludes halogenated alkanes) is 1. The van der Waals surface area contributed by atoms with Gasteiger partial charge in [-0.25, -0.2) is 4.79 Å². The Labute approximate surface area is 181 Å². The fourth-order valence-electron chi connectivity index (χ4n) is 3.27. The van der Waals surface area contributed by atoms with Crippen molar-refractivity contribution in [3.63, 3.8) is 0 Å². The molecule has 158 valence electrons. The molecule has 1 unspecified atom stereocenters. The molecule has 1 fully saturated rings. The van der Waals surface area contributed by atoms with Gasteiger partial charge in [-0.2, -0.15) is 5.01 Å². The summed E-state index contributed by atoms with van der Waals surface area (Å²) in [5, 5.41) is 6.77. The molecule has 0 aromatic heterocycles. The number of urea groups is 1. The van der Waals surface area contributed by atoms with E-state index in [0.717, 1.165) is 30.0 Å². The fourth-order valence-corrected chi connectivity index (χ4v) is 3.48. The van der Waals surface area contributed by atoms with Crippen molar-refractivity contribution in [2.24, 2.45) is 0 Å². The van der Waals surface area contributed by atoms with E-state index in [1.165, 1.54) is 5.56 Å². The number of hydrazine groups is 1. The molecule has 1 atom stereocenters. The lowest BCUT2D eigenvalue weighted by Crippen LogP contribution is -2.49. The monoisotopic (exact) mass is 426 g/mol. The van der Waals surface area contributed by atoms with Crippen LogP contribution < -0.4 is 20.8 Å². The van der Waals surface area contributed by atoms with E-state index in [1.807, 2.05) is 24.3 Å². The molecule has 30 heavy (non-hydrogen) atoms. The van der Waals surface area contributed by atoms with Crippen molar-refractivity contribution < 1.29 is 14.3 Å². The van der Waals surface area contributed by atoms with Gasteiger partial charge in [-0.05, 0) is 67.4 Å². The van der Waals surface area contributed by atoms with Gasteiger partial charge in [0.25, 0.3) is 5.91 Å². The minimum absolute atomic E-state index is 0.148. The smallest absolute Gasteiger partial charge is 0.344 e. The molecule has 1 aliphatic heterocycles. The Morgan fingerprint density at radius 2 is 1.93 bits per heavy atom. The zero-order chi connectivity index (χ0) is 21.7. The molecular weight excluding hydrogens is 400 g/mol. The summed E-state index contributed by atoms with van der Waals surface area (Å²) in [6.45, 7) is 3.81. The van der Waals surface area contributed by atoms with Crippen LogP contribution in [0.3, 0.4) is 0 Å². The second-order valence-electron chi connectivity index (χ2n) is 7.29. The first-order valence-electron chi connectivity index (χ1n) is 9.85. The number of anilines is 1. The van der Waals surface area contributed by atoms with Crippen LogP contribution in [0.2, 0.25) is 0 Å². The van der Waals surface area contributed by atoms with Gasteiger partial charge in [0.05, 0.1) is 7.11 Å². The zero-order valence-corrected chi connectivity index (χ0v) is 18.1. The van der Waals surface area contributed by atoms with Gasteiger partial charge < -0.3 is 15.4 Å². The quantitative estimate of drug-likeness (QED) is 0.463. The van der Waals surface area contributed by atoms with Gasteiger partial charge in [-0.15, -0.1) is 0 Å². The lowest BCUT2D eigenvalue weighted by molar-refractivity contribution is -0.132. The average molecular weight is 427 g/mol. The molecule has 2 aromatic carbocycles. The lowest BCUT2D eigenvalue weighted by atomic mass is 9.92. The summed E-state index contributed by atoms with van der Waals surface area (Å²) in [5.41, 5.74) is 4.11. The number of amides is 3. The summed E-state index contributed by atoms with van der Waals surface area (Å²) < 4.78 is 5.23. The van der Waals surface area contributed by atoms with Crippen LogP contribution in [0.4, 0.5) is 10.5 Å². The summed E-state index contributed by atoms with van der Waals surface area (Å²) in [5.74, 6) is 0.140. The number of nitrogens with zero attached hydrogens (tertiary/aromatic N) is 1. The number of carbonyl (C=O) groups excluding carboxylic acids is 2. The highest BCUT2D eigenvalue weighted by Crippen LogP contribution is 2.30. The molecule has 0 saturated carbocycles. The van der Waals surface area contributed by atoms with Crippen molar-refractivity contribution >= 4 is 35.0 Å². The molecule has 8 heteroatoms. The summed E-state index contributed by atoms with van der Waals surface area (Å²) in [6, 6.07) is 14.4. The number of hydrogen-bond donors (Lipinski definition) is 3. The number of imide groups is 1. The Morgan fingerprint density at radius 3 is 2.60 bits per heavy atom. The molecule has 0 spiro atoms. The van der Waals surface area contributed by atoms with E-state index in [-0.39, 0.29) is 5.11 Å². The van der Waals surface area contributed by atoms with Gasteiger partial charge in [0, 0.05) is 5.69 Å². The third-order valence-electron chi connectivity index (χ3n) is 5.08. The predicted molar refractivity (Wildman–Crippen MR) is 120 cm³/mol. The van der Waals surface area contributed by atoms with E-state index >= 15 is 0 Å². The Kier molecular flexibility index (Phi) is 6.56. The highest BCUT2D eigenvalue weighted by molar-refractivity contribution is 7.80. The van der Waals surface area contributed by atoms with Crippen molar-refractivity contribution in [1.29, 1.82) is 0 Å². The first kappa shape index (κ1) is 21.6. The molecule has 2 aromatic rings. The fraction of sp³-hybridized carbons (Fsp3) is 0.318. The number of carbonyl (C=O) groups is 2. The van der Waals surface area contributed by atoms with Crippen molar-refractivity contribution in [2.75, 3.05) is 12.4 Å². The zero-order valence-electron chi connectivity index (χ0n) is 17.3. The molecule has 1 heterocycles. The largest absolute Gasteiger partial charge is 0.497 e. The minimum atomic E-state index is -1.23. The van der Waals surface area contributed by atoms with Crippen molar-refractivity contribution in [1.82, 2.24) is 15.8 Å². The molecule has 0 bridgehead atoms. The molecule has 3 rings (SSSR count). The van der Waals surface area contributed by atoms with Crippen molar-refractivity contribution in [3.05, 3.63) is 59.7 Å². The van der Waals surface area contributed by atoms with Gasteiger partial charge in [-0.3, -0.25) is 10.2 Å². The van der Waals surface area contributed by atoms with Crippen LogP contribution in [0.25, 0.3) is 0 Å². The van der Waals surface area contributed by atoms with E-state index in [1.54, 1.807) is 38.3 Å². The third-order valence-corrected chi connectivity index (χ3v) is 5.28. The topological polar surface area (TPSA) is 82.7 Å². The second kappa shape index (κ2) is 9.13. The summed E-state index contributed by atoms with van der Waals surface area (Å²) in [4.78, 5) is 25.5. The number of methoxy groups -OCH3 is 1. The van der Waals surface area contributed by atoms with Gasteiger partial charge in [0.1, 0.15) is 11.3 Å². The van der Waals surface area contributed by atoms with Crippen LogP contribution in [0, 0.1) is 0 Å². The molecule has 0 radical (unpaired) electrons. The maximum absolute atomic E-state index is 13.0. The molecule has 3 N–H and O–H groups in total. The second-order valence-corrected chi connectivity index (χ2v) is 7.70. The molecule has 7 nitrogen and oxygen atoms in total. The third kappa shape index (κ3) is 4.54. The summed E-state index contributed by atoms with van der Waals surface area (Å²) in [6.07, 6.45) is 3.32. The maximum atomic E-state index is 13.0. The number of ether oxygens (including phenoxy) is 1. The highest BCUT2D eigenvalue weighted by Gasteiger charge is 2.50. The van der Waals surface area contributed by atoms with Crippen LogP contribution in [-0.4, -0.2) is 29.2 Å².